The number of aryl methyl sites for hydroxylation is 1. The summed E-state index contributed by atoms with van der Waals surface area (Å²) in [6.07, 6.45) is 3.70. The Hall–Kier alpha value is -2.62. The predicted octanol–water partition coefficient (Wildman–Crippen LogP) is 4.46. The zero-order valence-electron chi connectivity index (χ0n) is 13.1. The normalized spacial score (nSPS) is 10.7. The molecule has 0 fully saturated rings. The lowest BCUT2D eigenvalue weighted by Gasteiger charge is -2.06. The number of ether oxygens (including phenoxy) is 1. The van der Waals surface area contributed by atoms with Gasteiger partial charge in [0.25, 0.3) is 0 Å². The third-order valence-corrected chi connectivity index (χ3v) is 3.24. The van der Waals surface area contributed by atoms with Gasteiger partial charge in [-0.1, -0.05) is 54.1 Å². The van der Waals surface area contributed by atoms with Crippen LogP contribution in [-0.4, -0.2) is 12.6 Å². The van der Waals surface area contributed by atoms with Crippen LogP contribution in [0.5, 0.6) is 0 Å². The summed E-state index contributed by atoms with van der Waals surface area (Å²) in [5.74, 6) is -0.248. The lowest BCUT2D eigenvalue weighted by atomic mass is 10.1. The lowest BCUT2D eigenvalue weighted by Crippen LogP contribution is -2.24. The Morgan fingerprint density at radius 2 is 2.00 bits per heavy atom. The van der Waals surface area contributed by atoms with Crippen molar-refractivity contribution in [1.82, 2.24) is 5.32 Å². The van der Waals surface area contributed by atoms with Crippen LogP contribution >= 0.6 is 0 Å². The topological polar surface area (TPSA) is 38.3 Å². The van der Waals surface area contributed by atoms with Crippen molar-refractivity contribution in [2.45, 2.75) is 20.0 Å². The summed E-state index contributed by atoms with van der Waals surface area (Å²) >= 11 is 0. The highest BCUT2D eigenvalue weighted by molar-refractivity contribution is 5.67. The van der Waals surface area contributed by atoms with E-state index in [4.69, 9.17) is 4.74 Å². The first-order chi connectivity index (χ1) is 11.1. The molecule has 2 rings (SSSR count). The van der Waals surface area contributed by atoms with Gasteiger partial charge in [0.05, 0.1) is 0 Å². The Morgan fingerprint density at radius 3 is 2.78 bits per heavy atom. The number of nitrogens with one attached hydrogen (secondary N) is 1. The van der Waals surface area contributed by atoms with Crippen LogP contribution < -0.4 is 5.32 Å². The van der Waals surface area contributed by atoms with Gasteiger partial charge < -0.3 is 10.1 Å². The van der Waals surface area contributed by atoms with Crippen LogP contribution in [0.3, 0.4) is 0 Å². The second kappa shape index (κ2) is 8.73. The van der Waals surface area contributed by atoms with Gasteiger partial charge in [-0.25, -0.2) is 9.18 Å². The lowest BCUT2D eigenvalue weighted by molar-refractivity contribution is 0.140. The van der Waals surface area contributed by atoms with Gasteiger partial charge in [0.1, 0.15) is 12.4 Å². The third kappa shape index (κ3) is 5.94. The molecule has 0 saturated heterocycles. The van der Waals surface area contributed by atoms with Gasteiger partial charge >= 0.3 is 6.09 Å². The molecule has 3 nitrogen and oxygen atoms in total. The fourth-order valence-corrected chi connectivity index (χ4v) is 2.03. The molecule has 0 spiro atoms. The smallest absolute Gasteiger partial charge is 0.407 e. The van der Waals surface area contributed by atoms with Crippen molar-refractivity contribution in [3.8, 4) is 0 Å². The van der Waals surface area contributed by atoms with Gasteiger partial charge in [-0.05, 0) is 31.0 Å². The molecule has 0 unspecified atom stereocenters. The van der Waals surface area contributed by atoms with E-state index in [9.17, 15) is 9.18 Å². The van der Waals surface area contributed by atoms with E-state index in [0.29, 0.717) is 18.5 Å². The van der Waals surface area contributed by atoms with Crippen molar-refractivity contribution in [2.75, 3.05) is 6.54 Å². The van der Waals surface area contributed by atoms with Gasteiger partial charge in [-0.15, -0.1) is 0 Å². The average Bonchev–Trinajstić information content (AvgIpc) is 2.56. The molecule has 1 amide bonds. The SMILES string of the molecule is Cc1ccc(F)c(C=CCCNC(=O)OCc2ccccc2)c1. The molecule has 0 aliphatic heterocycles. The number of hydrogen-bond donors (Lipinski definition) is 1. The monoisotopic (exact) mass is 313 g/mol. The number of alkyl carbamates (subject to hydrolysis) is 1. The Morgan fingerprint density at radius 1 is 1.22 bits per heavy atom. The molecular weight excluding hydrogens is 293 g/mol. The van der Waals surface area contributed by atoms with Gasteiger partial charge in [0.15, 0.2) is 0 Å². The molecule has 1 N–H and O–H groups in total. The maximum Gasteiger partial charge on any atom is 0.407 e. The highest BCUT2D eigenvalue weighted by Crippen LogP contribution is 2.11. The van der Waals surface area contributed by atoms with E-state index in [-0.39, 0.29) is 12.4 Å². The van der Waals surface area contributed by atoms with E-state index in [1.54, 1.807) is 18.2 Å². The van der Waals surface area contributed by atoms with Crippen molar-refractivity contribution < 1.29 is 13.9 Å². The van der Waals surface area contributed by atoms with E-state index in [0.717, 1.165) is 11.1 Å². The molecule has 0 aromatic heterocycles. The molecule has 23 heavy (non-hydrogen) atoms. The molecule has 0 aliphatic rings. The number of rotatable bonds is 6. The zero-order valence-corrected chi connectivity index (χ0v) is 13.1. The fraction of sp³-hybridized carbons (Fsp3) is 0.211. The van der Waals surface area contributed by atoms with Crippen LogP contribution in [0.4, 0.5) is 9.18 Å². The second-order valence-electron chi connectivity index (χ2n) is 5.20. The van der Waals surface area contributed by atoms with Gasteiger partial charge in [-0.2, -0.15) is 0 Å². The number of carbonyl (C=O) groups excluding carboxylic acids is 1. The molecular formula is C19H20FNO2. The van der Waals surface area contributed by atoms with Crippen molar-refractivity contribution >= 4 is 12.2 Å². The van der Waals surface area contributed by atoms with Crippen molar-refractivity contribution in [3.63, 3.8) is 0 Å². The molecule has 0 heterocycles. The standard InChI is InChI=1S/C19H20FNO2/c1-15-10-11-18(20)17(13-15)9-5-6-12-21-19(22)23-14-16-7-3-2-4-8-16/h2-5,7-11,13H,6,12,14H2,1H3,(H,21,22). The third-order valence-electron chi connectivity index (χ3n) is 3.24. The molecule has 2 aromatic carbocycles. The van der Waals surface area contributed by atoms with E-state index in [2.05, 4.69) is 5.32 Å². The first-order valence-electron chi connectivity index (χ1n) is 7.52. The molecule has 120 valence electrons. The number of carbonyl (C=O) groups is 1. The molecule has 0 aliphatic carbocycles. The Kier molecular flexibility index (Phi) is 6.36. The molecule has 2 aromatic rings. The van der Waals surface area contributed by atoms with Crippen LogP contribution in [0.2, 0.25) is 0 Å². The summed E-state index contributed by atoms with van der Waals surface area (Å²) in [6.45, 7) is 2.61. The molecule has 0 atom stereocenters. The minimum atomic E-state index is -0.455. The van der Waals surface area contributed by atoms with Crippen LogP contribution in [0.15, 0.2) is 54.6 Å². The first kappa shape index (κ1) is 16.7. The first-order valence-corrected chi connectivity index (χ1v) is 7.52. The Bertz CT molecular complexity index is 668. The van der Waals surface area contributed by atoms with Crippen LogP contribution in [0, 0.1) is 12.7 Å². The van der Waals surface area contributed by atoms with E-state index < -0.39 is 6.09 Å². The quantitative estimate of drug-likeness (QED) is 0.799. The van der Waals surface area contributed by atoms with Gasteiger partial charge in [-0.3, -0.25) is 0 Å². The molecule has 0 saturated carbocycles. The Balaban J connectivity index is 1.67. The summed E-state index contributed by atoms with van der Waals surface area (Å²) in [5.41, 5.74) is 2.50. The summed E-state index contributed by atoms with van der Waals surface area (Å²) in [4.78, 5) is 11.5. The summed E-state index contributed by atoms with van der Waals surface area (Å²) in [5, 5.41) is 2.66. The molecule has 0 bridgehead atoms. The van der Waals surface area contributed by atoms with Crippen LogP contribution in [-0.2, 0) is 11.3 Å². The highest BCUT2D eigenvalue weighted by atomic mass is 19.1. The number of hydrogen-bond acceptors (Lipinski definition) is 2. The summed E-state index contributed by atoms with van der Waals surface area (Å²) in [6, 6.07) is 14.5. The largest absolute Gasteiger partial charge is 0.445 e. The van der Waals surface area contributed by atoms with Gasteiger partial charge in [0, 0.05) is 12.1 Å². The molecule has 4 heteroatoms. The van der Waals surface area contributed by atoms with E-state index in [1.165, 1.54) is 6.07 Å². The number of halogens is 1. The minimum absolute atomic E-state index is 0.247. The van der Waals surface area contributed by atoms with Crippen molar-refractivity contribution in [3.05, 3.63) is 77.1 Å². The van der Waals surface area contributed by atoms with E-state index in [1.807, 2.05) is 43.3 Å². The maximum atomic E-state index is 13.5. The average molecular weight is 313 g/mol. The maximum absolute atomic E-state index is 13.5. The summed E-state index contributed by atoms with van der Waals surface area (Å²) in [7, 11) is 0. The van der Waals surface area contributed by atoms with E-state index >= 15 is 0 Å². The Labute approximate surface area is 135 Å². The number of amides is 1. The fourth-order valence-electron chi connectivity index (χ4n) is 2.03. The second-order valence-corrected chi connectivity index (χ2v) is 5.20. The van der Waals surface area contributed by atoms with Crippen LogP contribution in [0.1, 0.15) is 23.1 Å². The zero-order chi connectivity index (χ0) is 16.5. The molecule has 0 radical (unpaired) electrons. The van der Waals surface area contributed by atoms with Gasteiger partial charge in [0.2, 0.25) is 0 Å². The van der Waals surface area contributed by atoms with Crippen molar-refractivity contribution in [1.29, 1.82) is 0 Å². The predicted molar refractivity (Wildman–Crippen MR) is 89.4 cm³/mol. The summed E-state index contributed by atoms with van der Waals surface area (Å²) < 4.78 is 18.6. The van der Waals surface area contributed by atoms with Crippen molar-refractivity contribution in [2.24, 2.45) is 0 Å². The minimum Gasteiger partial charge on any atom is -0.445 e. The highest BCUT2D eigenvalue weighted by Gasteiger charge is 2.01. The van der Waals surface area contributed by atoms with Crippen LogP contribution in [0.25, 0.3) is 6.08 Å². The number of benzene rings is 2.